The van der Waals surface area contributed by atoms with Crippen molar-refractivity contribution in [1.82, 2.24) is 5.73 Å². The Bertz CT molecular complexity index is 150. The summed E-state index contributed by atoms with van der Waals surface area (Å²) in [6.07, 6.45) is 7.66. The second-order valence-corrected chi connectivity index (χ2v) is 5.14. The van der Waals surface area contributed by atoms with E-state index in [4.69, 9.17) is 0 Å². The highest BCUT2D eigenvalue weighted by Crippen LogP contribution is 2.55. The first kappa shape index (κ1) is 6.47. The van der Waals surface area contributed by atoms with Crippen molar-refractivity contribution in [2.24, 2.45) is 17.8 Å². The smallest absolute Gasteiger partial charge is 0.0551 e. The first-order valence-corrected chi connectivity index (χ1v) is 4.96. The number of nitrogens with zero attached hydrogens (tertiary/aromatic N) is 1. The van der Waals surface area contributed by atoms with Gasteiger partial charge in [0.05, 0.1) is 5.54 Å². The maximum atomic E-state index is 10.1. The van der Waals surface area contributed by atoms with Crippen molar-refractivity contribution < 1.29 is 0 Å². The lowest BCUT2D eigenvalue weighted by Gasteiger charge is -2.53. The van der Waals surface area contributed by atoms with E-state index >= 15 is 0 Å². The number of rotatable bonds is 0. The molecule has 0 heterocycles. The van der Waals surface area contributed by atoms with Crippen LogP contribution >= 0.6 is 0 Å². The van der Waals surface area contributed by atoms with E-state index in [1.807, 2.05) is 0 Å². The van der Waals surface area contributed by atoms with Crippen molar-refractivity contribution in [3.05, 3.63) is 0 Å². The Morgan fingerprint density at radius 3 is 1.45 bits per heavy atom. The molecule has 0 atom stereocenters. The Kier molecular flexibility index (Phi) is 1.07. The van der Waals surface area contributed by atoms with Crippen LogP contribution in [-0.4, -0.2) is 5.54 Å². The molecule has 0 spiro atoms. The molecular weight excluding hydrogens is 134 g/mol. The highest BCUT2D eigenvalue weighted by molar-refractivity contribution is 5.04. The Morgan fingerprint density at radius 1 is 0.818 bits per heavy atom. The number of hydrogen-bond donors (Lipinski definition) is 0. The lowest BCUT2D eigenvalue weighted by molar-refractivity contribution is -0.00343. The first-order valence-electron chi connectivity index (χ1n) is 4.96. The zero-order valence-corrected chi connectivity index (χ0v) is 6.92. The van der Waals surface area contributed by atoms with Gasteiger partial charge in [-0.15, -0.1) is 5.73 Å². The summed E-state index contributed by atoms with van der Waals surface area (Å²) < 4.78 is 0. The van der Waals surface area contributed by atoms with E-state index in [1.54, 1.807) is 0 Å². The van der Waals surface area contributed by atoms with Crippen LogP contribution in [0.15, 0.2) is 0 Å². The first-order chi connectivity index (χ1) is 5.23. The van der Waals surface area contributed by atoms with Gasteiger partial charge in [0.2, 0.25) is 0 Å². The minimum atomic E-state index is -0.200. The lowest BCUT2D eigenvalue weighted by Crippen LogP contribution is -2.51. The molecule has 0 aromatic heterocycles. The highest BCUT2D eigenvalue weighted by Gasteiger charge is 2.49. The third-order valence-corrected chi connectivity index (χ3v) is 4.01. The molecule has 4 saturated carbocycles. The van der Waals surface area contributed by atoms with Gasteiger partial charge in [0, 0.05) is 0 Å². The van der Waals surface area contributed by atoms with E-state index in [0.29, 0.717) is 0 Å². The van der Waals surface area contributed by atoms with Gasteiger partial charge >= 0.3 is 0 Å². The SMILES string of the molecule is [N]C12CC3CC(CC(C3)C1)C2. The average molecular weight is 149 g/mol. The van der Waals surface area contributed by atoms with Crippen LogP contribution in [0.2, 0.25) is 0 Å². The van der Waals surface area contributed by atoms with Crippen LogP contribution in [0.1, 0.15) is 38.5 Å². The van der Waals surface area contributed by atoms with Gasteiger partial charge in [-0.3, -0.25) is 0 Å². The molecular formula is C10H15N. The van der Waals surface area contributed by atoms with E-state index in [0.717, 1.165) is 37.0 Å². The predicted molar refractivity (Wildman–Crippen MR) is 43.0 cm³/mol. The summed E-state index contributed by atoms with van der Waals surface area (Å²) in [4.78, 5) is 0. The normalized spacial score (nSPS) is 60.3. The molecule has 4 rings (SSSR count). The van der Waals surface area contributed by atoms with Gasteiger partial charge in [-0.05, 0) is 56.3 Å². The second-order valence-electron chi connectivity index (χ2n) is 5.14. The summed E-state index contributed by atoms with van der Waals surface area (Å²) in [6.45, 7) is 0. The van der Waals surface area contributed by atoms with Crippen LogP contribution in [0.4, 0.5) is 0 Å². The Labute approximate surface area is 68.3 Å². The predicted octanol–water partition coefficient (Wildman–Crippen LogP) is 2.02. The maximum absolute atomic E-state index is 10.1. The number of hydrogen-bond acceptors (Lipinski definition) is 0. The summed E-state index contributed by atoms with van der Waals surface area (Å²) in [5.74, 6) is 2.68. The molecule has 0 unspecified atom stereocenters. The standard InChI is InChI=1S/C10H15N/c11-10-4-7-1-8(5-10)3-9(2-7)6-10/h7-9H,1-6H2. The van der Waals surface area contributed by atoms with Crippen molar-refractivity contribution in [2.45, 2.75) is 44.1 Å². The summed E-state index contributed by atoms with van der Waals surface area (Å²) in [6, 6.07) is 0. The summed E-state index contributed by atoms with van der Waals surface area (Å²) in [5, 5.41) is 0. The molecule has 11 heavy (non-hydrogen) atoms. The fraction of sp³-hybridized carbons (Fsp3) is 1.00. The van der Waals surface area contributed by atoms with E-state index in [9.17, 15) is 5.73 Å². The van der Waals surface area contributed by atoms with Gasteiger partial charge in [0.1, 0.15) is 0 Å². The van der Waals surface area contributed by atoms with Crippen LogP contribution in [0.3, 0.4) is 0 Å². The minimum Gasteiger partial charge on any atom is -0.137 e. The van der Waals surface area contributed by atoms with Crippen molar-refractivity contribution in [3.63, 3.8) is 0 Å². The van der Waals surface area contributed by atoms with E-state index in [2.05, 4.69) is 0 Å². The molecule has 4 bridgehead atoms. The Hall–Kier alpha value is -0.0400. The highest BCUT2D eigenvalue weighted by atomic mass is 14.8. The molecule has 0 N–H and O–H groups in total. The maximum Gasteiger partial charge on any atom is 0.0551 e. The topological polar surface area (TPSA) is 22.3 Å². The second kappa shape index (κ2) is 1.82. The van der Waals surface area contributed by atoms with Crippen LogP contribution in [0, 0.1) is 17.8 Å². The Balaban J connectivity index is 1.94. The van der Waals surface area contributed by atoms with E-state index < -0.39 is 0 Å². The zero-order valence-electron chi connectivity index (χ0n) is 6.92. The third-order valence-electron chi connectivity index (χ3n) is 4.01. The Morgan fingerprint density at radius 2 is 1.18 bits per heavy atom. The molecule has 4 fully saturated rings. The lowest BCUT2D eigenvalue weighted by atomic mass is 9.53. The molecule has 60 valence electrons. The molecule has 0 saturated heterocycles. The van der Waals surface area contributed by atoms with Gasteiger partial charge in [-0.1, -0.05) is 0 Å². The molecule has 1 heteroatoms. The summed E-state index contributed by atoms with van der Waals surface area (Å²) in [5.41, 5.74) is 9.90. The van der Waals surface area contributed by atoms with Crippen molar-refractivity contribution in [2.75, 3.05) is 0 Å². The minimum absolute atomic E-state index is 0.200. The molecule has 4 aliphatic carbocycles. The van der Waals surface area contributed by atoms with Crippen molar-refractivity contribution >= 4 is 0 Å². The van der Waals surface area contributed by atoms with Crippen LogP contribution in [-0.2, 0) is 0 Å². The van der Waals surface area contributed by atoms with E-state index in [1.165, 1.54) is 19.3 Å². The van der Waals surface area contributed by atoms with Crippen LogP contribution < -0.4 is 5.73 Å². The summed E-state index contributed by atoms with van der Waals surface area (Å²) in [7, 11) is 0. The molecule has 1 nitrogen and oxygen atoms in total. The van der Waals surface area contributed by atoms with Gasteiger partial charge in [-0.2, -0.15) is 0 Å². The van der Waals surface area contributed by atoms with Crippen LogP contribution in [0.25, 0.3) is 0 Å². The molecule has 0 aromatic carbocycles. The molecule has 0 aromatic rings. The van der Waals surface area contributed by atoms with E-state index in [-0.39, 0.29) is 5.54 Å². The van der Waals surface area contributed by atoms with Gasteiger partial charge in [-0.25, -0.2) is 0 Å². The fourth-order valence-corrected chi connectivity index (χ4v) is 4.06. The molecule has 4 aliphatic rings. The average Bonchev–Trinajstić information content (AvgIpc) is 1.79. The largest absolute Gasteiger partial charge is 0.137 e. The van der Waals surface area contributed by atoms with Gasteiger partial charge < -0.3 is 0 Å². The van der Waals surface area contributed by atoms with Gasteiger partial charge in [0.25, 0.3) is 0 Å². The molecule has 0 amide bonds. The van der Waals surface area contributed by atoms with Gasteiger partial charge in [0.15, 0.2) is 0 Å². The van der Waals surface area contributed by atoms with Crippen molar-refractivity contribution in [3.8, 4) is 0 Å². The monoisotopic (exact) mass is 149 g/mol. The zero-order chi connectivity index (χ0) is 7.47. The molecule has 0 aliphatic heterocycles. The fourth-order valence-electron chi connectivity index (χ4n) is 4.06. The molecule has 2 radical (unpaired) electrons. The summed E-state index contributed by atoms with van der Waals surface area (Å²) >= 11 is 0. The third kappa shape index (κ3) is 0.868. The van der Waals surface area contributed by atoms with Crippen molar-refractivity contribution in [1.29, 1.82) is 0 Å². The van der Waals surface area contributed by atoms with Crippen LogP contribution in [0.5, 0.6) is 0 Å². The quantitative estimate of drug-likeness (QED) is 0.503.